The smallest absolute Gasteiger partial charge is 0.261 e. The number of hydrogen-bond donors (Lipinski definition) is 1. The molecule has 0 unspecified atom stereocenters. The summed E-state index contributed by atoms with van der Waals surface area (Å²) in [6.45, 7) is 8.93. The van der Waals surface area contributed by atoms with Crippen molar-refractivity contribution in [2.24, 2.45) is 0 Å². The summed E-state index contributed by atoms with van der Waals surface area (Å²) in [7, 11) is 0. The van der Waals surface area contributed by atoms with Crippen molar-refractivity contribution in [3.63, 3.8) is 0 Å². The minimum Gasteiger partial charge on any atom is -0.372 e. The van der Waals surface area contributed by atoms with Crippen LogP contribution in [0.25, 0.3) is 15.9 Å². The standard InChI is InChI=1S/C26H29N3OS/c1-4-28(22-11-7-9-19(2)17-22)16-8-15-27-26(30)24-13-14-25(31-24)29-20(3)18-21-10-5-6-12-23(21)29/h5-7,9-14,17-18H,4,8,15-16H2,1-3H3,(H,27,30). The summed E-state index contributed by atoms with van der Waals surface area (Å²) in [6, 6.07) is 23.1. The van der Waals surface area contributed by atoms with Crippen LogP contribution in [0.3, 0.4) is 0 Å². The first-order valence-corrected chi connectivity index (χ1v) is 11.7. The minimum absolute atomic E-state index is 0.00367. The predicted molar refractivity (Wildman–Crippen MR) is 132 cm³/mol. The van der Waals surface area contributed by atoms with Gasteiger partial charge >= 0.3 is 0 Å². The second-order valence-corrected chi connectivity index (χ2v) is 8.91. The fourth-order valence-electron chi connectivity index (χ4n) is 4.01. The van der Waals surface area contributed by atoms with E-state index in [1.165, 1.54) is 39.2 Å². The highest BCUT2D eigenvalue weighted by atomic mass is 32.1. The van der Waals surface area contributed by atoms with Crippen molar-refractivity contribution in [2.45, 2.75) is 27.2 Å². The van der Waals surface area contributed by atoms with Crippen LogP contribution in [-0.4, -0.2) is 30.1 Å². The van der Waals surface area contributed by atoms with E-state index in [0.29, 0.717) is 6.54 Å². The number of nitrogens with one attached hydrogen (secondary N) is 1. The normalized spacial score (nSPS) is 11.1. The Morgan fingerprint density at radius 2 is 1.87 bits per heavy atom. The van der Waals surface area contributed by atoms with Gasteiger partial charge in [0.05, 0.1) is 10.4 Å². The van der Waals surface area contributed by atoms with Crippen molar-refractivity contribution >= 4 is 33.8 Å². The molecular formula is C26H29N3OS. The number of benzene rings is 2. The number of rotatable bonds is 8. The molecule has 1 amide bonds. The number of hydrogen-bond acceptors (Lipinski definition) is 3. The zero-order valence-electron chi connectivity index (χ0n) is 18.4. The molecule has 1 N–H and O–H groups in total. The average Bonchev–Trinajstić information content (AvgIpc) is 3.37. The van der Waals surface area contributed by atoms with Crippen molar-refractivity contribution in [3.05, 3.63) is 82.9 Å². The highest BCUT2D eigenvalue weighted by Gasteiger charge is 2.13. The van der Waals surface area contributed by atoms with E-state index in [9.17, 15) is 4.79 Å². The predicted octanol–water partition coefficient (Wildman–Crippen LogP) is 5.96. The highest BCUT2D eigenvalue weighted by molar-refractivity contribution is 7.16. The van der Waals surface area contributed by atoms with E-state index in [1.807, 2.05) is 12.1 Å². The lowest BCUT2D eigenvalue weighted by molar-refractivity contribution is 0.0957. The molecule has 0 saturated heterocycles. The number of nitrogens with zero attached hydrogens (tertiary/aromatic N) is 2. The van der Waals surface area contributed by atoms with E-state index in [0.717, 1.165) is 29.4 Å². The number of thiophene rings is 1. The first-order valence-electron chi connectivity index (χ1n) is 10.8. The summed E-state index contributed by atoms with van der Waals surface area (Å²) >= 11 is 1.54. The van der Waals surface area contributed by atoms with Crippen LogP contribution in [0.2, 0.25) is 0 Å². The molecule has 5 heteroatoms. The van der Waals surface area contributed by atoms with Crippen LogP contribution in [0.4, 0.5) is 5.69 Å². The van der Waals surface area contributed by atoms with Crippen LogP contribution in [-0.2, 0) is 0 Å². The van der Waals surface area contributed by atoms with Gasteiger partial charge in [-0.25, -0.2) is 0 Å². The molecule has 31 heavy (non-hydrogen) atoms. The molecule has 2 aromatic heterocycles. The summed E-state index contributed by atoms with van der Waals surface area (Å²) in [5, 5.41) is 5.37. The van der Waals surface area contributed by atoms with E-state index in [-0.39, 0.29) is 5.91 Å². The second-order valence-electron chi connectivity index (χ2n) is 7.85. The van der Waals surface area contributed by atoms with E-state index in [1.54, 1.807) is 0 Å². The number of aryl methyl sites for hydroxylation is 2. The molecule has 160 valence electrons. The van der Waals surface area contributed by atoms with Crippen molar-refractivity contribution in [2.75, 3.05) is 24.5 Å². The molecule has 0 bridgehead atoms. The number of para-hydroxylation sites is 1. The summed E-state index contributed by atoms with van der Waals surface area (Å²) in [6.07, 6.45) is 0.910. The van der Waals surface area contributed by atoms with E-state index >= 15 is 0 Å². The minimum atomic E-state index is 0.00367. The van der Waals surface area contributed by atoms with Gasteiger partial charge in [0.15, 0.2) is 0 Å². The number of aromatic nitrogens is 1. The van der Waals surface area contributed by atoms with Gasteiger partial charge in [-0.3, -0.25) is 4.79 Å². The van der Waals surface area contributed by atoms with Crippen molar-refractivity contribution < 1.29 is 4.79 Å². The summed E-state index contributed by atoms with van der Waals surface area (Å²) in [5.41, 5.74) is 4.85. The van der Waals surface area contributed by atoms with Crippen LogP contribution in [0.5, 0.6) is 0 Å². The monoisotopic (exact) mass is 431 g/mol. The number of carbonyl (C=O) groups excluding carboxylic acids is 1. The Morgan fingerprint density at radius 3 is 2.68 bits per heavy atom. The quantitative estimate of drug-likeness (QED) is 0.350. The summed E-state index contributed by atoms with van der Waals surface area (Å²) < 4.78 is 2.22. The van der Waals surface area contributed by atoms with Gasteiger partial charge in [-0.15, -0.1) is 11.3 Å². The Labute approximate surface area is 188 Å². The van der Waals surface area contributed by atoms with Gasteiger partial charge in [0, 0.05) is 36.4 Å². The van der Waals surface area contributed by atoms with Crippen LogP contribution >= 0.6 is 11.3 Å². The summed E-state index contributed by atoms with van der Waals surface area (Å²) in [4.78, 5) is 15.8. The van der Waals surface area contributed by atoms with Crippen molar-refractivity contribution in [1.82, 2.24) is 9.88 Å². The number of amides is 1. The summed E-state index contributed by atoms with van der Waals surface area (Å²) in [5.74, 6) is 0.00367. The highest BCUT2D eigenvalue weighted by Crippen LogP contribution is 2.28. The maximum absolute atomic E-state index is 12.7. The molecule has 0 aliphatic rings. The molecule has 0 aliphatic carbocycles. The molecular weight excluding hydrogens is 402 g/mol. The lowest BCUT2D eigenvalue weighted by Crippen LogP contribution is -2.29. The first-order chi connectivity index (χ1) is 15.1. The van der Waals surface area contributed by atoms with Gasteiger partial charge in [0.2, 0.25) is 0 Å². The Kier molecular flexibility index (Phi) is 6.42. The number of fused-ring (bicyclic) bond motifs is 1. The third kappa shape index (κ3) is 4.67. The number of anilines is 1. The van der Waals surface area contributed by atoms with Crippen molar-refractivity contribution in [3.8, 4) is 5.00 Å². The SMILES string of the molecule is CCN(CCCNC(=O)c1ccc(-n2c(C)cc3ccccc32)s1)c1cccc(C)c1. The largest absolute Gasteiger partial charge is 0.372 e. The third-order valence-corrected chi connectivity index (χ3v) is 6.64. The first kappa shape index (κ1) is 21.2. The third-order valence-electron chi connectivity index (χ3n) is 5.57. The van der Waals surface area contributed by atoms with Gasteiger partial charge in [0.25, 0.3) is 5.91 Å². The maximum Gasteiger partial charge on any atom is 0.261 e. The Hall–Kier alpha value is -3.05. The molecule has 4 rings (SSSR count). The Morgan fingerprint density at radius 1 is 1.03 bits per heavy atom. The lowest BCUT2D eigenvalue weighted by Gasteiger charge is -2.23. The fraction of sp³-hybridized carbons (Fsp3) is 0.269. The van der Waals surface area contributed by atoms with Crippen molar-refractivity contribution in [1.29, 1.82) is 0 Å². The molecule has 0 aliphatic heterocycles. The van der Waals surface area contributed by atoms with Gasteiger partial charge < -0.3 is 14.8 Å². The molecule has 4 aromatic rings. The van der Waals surface area contributed by atoms with Gasteiger partial charge in [-0.1, -0.05) is 30.3 Å². The molecule has 0 saturated carbocycles. The number of carbonyl (C=O) groups is 1. The molecule has 0 radical (unpaired) electrons. The molecule has 0 fully saturated rings. The molecule has 2 aromatic carbocycles. The molecule has 2 heterocycles. The second kappa shape index (κ2) is 9.40. The lowest BCUT2D eigenvalue weighted by atomic mass is 10.2. The Balaban J connectivity index is 1.36. The van der Waals surface area contributed by atoms with Gasteiger partial charge in [-0.2, -0.15) is 0 Å². The zero-order chi connectivity index (χ0) is 21.8. The molecule has 0 atom stereocenters. The Bertz CT molecular complexity index is 1190. The van der Waals surface area contributed by atoms with Gasteiger partial charge in [0.1, 0.15) is 5.00 Å². The van der Waals surface area contributed by atoms with Crippen LogP contribution in [0, 0.1) is 13.8 Å². The van der Waals surface area contributed by atoms with E-state index in [4.69, 9.17) is 0 Å². The van der Waals surface area contributed by atoms with Crippen LogP contribution in [0.1, 0.15) is 34.3 Å². The maximum atomic E-state index is 12.7. The van der Waals surface area contributed by atoms with E-state index in [2.05, 4.69) is 90.2 Å². The van der Waals surface area contributed by atoms with Crippen LogP contribution < -0.4 is 10.2 Å². The van der Waals surface area contributed by atoms with Crippen LogP contribution in [0.15, 0.2) is 66.7 Å². The van der Waals surface area contributed by atoms with Gasteiger partial charge in [-0.05, 0) is 69.2 Å². The van der Waals surface area contributed by atoms with E-state index < -0.39 is 0 Å². The molecule has 4 nitrogen and oxygen atoms in total. The molecule has 0 spiro atoms. The average molecular weight is 432 g/mol. The topological polar surface area (TPSA) is 37.3 Å². The fourth-order valence-corrected chi connectivity index (χ4v) is 5.00. The zero-order valence-corrected chi connectivity index (χ0v) is 19.2.